The lowest BCUT2D eigenvalue weighted by molar-refractivity contribution is -0.134. The van der Waals surface area contributed by atoms with Crippen LogP contribution in [0.3, 0.4) is 0 Å². The van der Waals surface area contributed by atoms with Crippen LogP contribution in [0.1, 0.15) is 22.9 Å². The van der Waals surface area contributed by atoms with Crippen LogP contribution in [0.15, 0.2) is 0 Å². The molecular weight excluding hydrogens is 213 g/mol. The molecular formula is C8H7F3N2S. The van der Waals surface area contributed by atoms with Crippen molar-refractivity contribution in [3.05, 3.63) is 16.0 Å². The van der Waals surface area contributed by atoms with Crippen molar-refractivity contribution >= 4 is 16.3 Å². The topological polar surface area (TPSA) is 49.8 Å². The van der Waals surface area contributed by atoms with E-state index in [1.54, 1.807) is 13.0 Å². The number of rotatable bonds is 1. The van der Waals surface area contributed by atoms with Crippen molar-refractivity contribution in [2.24, 2.45) is 0 Å². The molecule has 0 atom stereocenters. The molecule has 0 spiro atoms. The molecule has 1 aromatic rings. The van der Waals surface area contributed by atoms with Gasteiger partial charge in [0.15, 0.2) is 0 Å². The summed E-state index contributed by atoms with van der Waals surface area (Å²) in [5.41, 5.74) is 5.29. The van der Waals surface area contributed by atoms with E-state index < -0.39 is 11.1 Å². The predicted molar refractivity (Wildman–Crippen MR) is 47.8 cm³/mol. The second-order valence-electron chi connectivity index (χ2n) is 2.61. The van der Waals surface area contributed by atoms with Crippen LogP contribution < -0.4 is 5.73 Å². The predicted octanol–water partition coefficient (Wildman–Crippen LogP) is 2.78. The van der Waals surface area contributed by atoms with E-state index >= 15 is 0 Å². The van der Waals surface area contributed by atoms with Gasteiger partial charge in [0.2, 0.25) is 0 Å². The third-order valence-corrected chi connectivity index (χ3v) is 2.86. The molecule has 2 N–H and O–H groups in total. The van der Waals surface area contributed by atoms with E-state index in [1.165, 1.54) is 0 Å². The quantitative estimate of drug-likeness (QED) is 0.791. The number of nitrogens with two attached hydrogens (primary N) is 1. The Kier molecular flexibility index (Phi) is 2.71. The maximum atomic E-state index is 12.4. The summed E-state index contributed by atoms with van der Waals surface area (Å²) in [6.07, 6.45) is -4.26. The van der Waals surface area contributed by atoms with Crippen LogP contribution in [-0.4, -0.2) is 0 Å². The van der Waals surface area contributed by atoms with Crippen LogP contribution in [-0.2, 0) is 12.6 Å². The minimum Gasteiger partial charge on any atom is -0.389 e. The number of nitriles is 1. The lowest BCUT2D eigenvalue weighted by Crippen LogP contribution is -2.05. The standard InChI is InChI=1S/C8H7F3N2S/c1-2-4-5(3-12)7(13)14-6(4)8(9,10)11/h2,13H2,1H3. The third-order valence-electron chi connectivity index (χ3n) is 1.76. The maximum absolute atomic E-state index is 12.4. The van der Waals surface area contributed by atoms with E-state index in [0.717, 1.165) is 0 Å². The summed E-state index contributed by atoms with van der Waals surface area (Å²) in [7, 11) is 0. The van der Waals surface area contributed by atoms with Crippen LogP contribution >= 0.6 is 11.3 Å². The van der Waals surface area contributed by atoms with Crippen molar-refractivity contribution in [3.63, 3.8) is 0 Å². The minimum atomic E-state index is -4.42. The molecule has 0 saturated carbocycles. The summed E-state index contributed by atoms with van der Waals surface area (Å²) in [5.74, 6) is 0. The molecule has 0 aliphatic carbocycles. The first-order valence-corrected chi connectivity index (χ1v) is 4.61. The van der Waals surface area contributed by atoms with Gasteiger partial charge in [-0.25, -0.2) is 0 Å². The van der Waals surface area contributed by atoms with Crippen LogP contribution in [0.25, 0.3) is 0 Å². The van der Waals surface area contributed by atoms with Gasteiger partial charge in [0.05, 0.1) is 5.56 Å². The Morgan fingerprint density at radius 1 is 1.50 bits per heavy atom. The number of anilines is 1. The van der Waals surface area contributed by atoms with Gasteiger partial charge in [-0.1, -0.05) is 6.92 Å². The zero-order valence-corrected chi connectivity index (χ0v) is 8.09. The summed E-state index contributed by atoms with van der Waals surface area (Å²) < 4.78 is 37.2. The Bertz CT molecular complexity index is 387. The van der Waals surface area contributed by atoms with Gasteiger partial charge < -0.3 is 5.73 Å². The molecule has 1 heterocycles. The van der Waals surface area contributed by atoms with Crippen LogP contribution in [0.4, 0.5) is 18.2 Å². The molecule has 1 aromatic heterocycles. The van der Waals surface area contributed by atoms with Gasteiger partial charge in [0.25, 0.3) is 0 Å². The minimum absolute atomic E-state index is 0.00231. The van der Waals surface area contributed by atoms with Gasteiger partial charge in [-0.3, -0.25) is 0 Å². The van der Waals surface area contributed by atoms with Crippen LogP contribution in [0.2, 0.25) is 0 Å². The smallest absolute Gasteiger partial charge is 0.389 e. The van der Waals surface area contributed by atoms with E-state index in [0.29, 0.717) is 11.3 Å². The summed E-state index contributed by atoms with van der Waals surface area (Å²) in [4.78, 5) is -0.756. The highest BCUT2D eigenvalue weighted by atomic mass is 32.1. The fourth-order valence-electron chi connectivity index (χ4n) is 1.17. The zero-order chi connectivity index (χ0) is 10.9. The van der Waals surface area contributed by atoms with Gasteiger partial charge >= 0.3 is 6.18 Å². The van der Waals surface area contributed by atoms with E-state index in [2.05, 4.69) is 0 Å². The van der Waals surface area contributed by atoms with Crippen molar-refractivity contribution in [2.75, 3.05) is 5.73 Å². The fraction of sp³-hybridized carbons (Fsp3) is 0.375. The zero-order valence-electron chi connectivity index (χ0n) is 7.27. The summed E-state index contributed by atoms with van der Waals surface area (Å²) in [5, 5.41) is 8.56. The van der Waals surface area contributed by atoms with Gasteiger partial charge in [0.1, 0.15) is 15.9 Å². The average molecular weight is 220 g/mol. The molecule has 0 radical (unpaired) electrons. The number of halogens is 3. The number of nitrogen functional groups attached to an aromatic ring is 1. The molecule has 14 heavy (non-hydrogen) atoms. The van der Waals surface area contributed by atoms with Crippen LogP contribution in [0.5, 0.6) is 0 Å². The maximum Gasteiger partial charge on any atom is 0.425 e. The molecule has 76 valence electrons. The van der Waals surface area contributed by atoms with Gasteiger partial charge in [-0.15, -0.1) is 11.3 Å². The Balaban J connectivity index is 3.41. The third kappa shape index (κ3) is 1.68. The summed E-state index contributed by atoms with van der Waals surface area (Å²) in [6, 6.07) is 1.69. The first-order valence-electron chi connectivity index (χ1n) is 3.80. The second-order valence-corrected chi connectivity index (χ2v) is 3.66. The van der Waals surface area contributed by atoms with Crippen molar-refractivity contribution < 1.29 is 13.2 Å². The van der Waals surface area contributed by atoms with Gasteiger partial charge in [-0.05, 0) is 12.0 Å². The first-order chi connectivity index (χ1) is 6.41. The number of hydrogen-bond donors (Lipinski definition) is 1. The Hall–Kier alpha value is -1.22. The fourth-order valence-corrected chi connectivity index (χ4v) is 2.15. The Labute approximate surface area is 82.8 Å². The number of thiophene rings is 1. The molecule has 0 unspecified atom stereocenters. The monoisotopic (exact) mass is 220 g/mol. The number of alkyl halides is 3. The highest BCUT2D eigenvalue weighted by Gasteiger charge is 2.37. The van der Waals surface area contributed by atoms with E-state index in [1.807, 2.05) is 0 Å². The van der Waals surface area contributed by atoms with E-state index in [-0.39, 0.29) is 22.5 Å². The molecule has 0 aliphatic rings. The lowest BCUT2D eigenvalue weighted by Gasteiger charge is -2.05. The van der Waals surface area contributed by atoms with Crippen molar-refractivity contribution in [2.45, 2.75) is 19.5 Å². The van der Waals surface area contributed by atoms with Crippen LogP contribution in [0, 0.1) is 11.3 Å². The second kappa shape index (κ2) is 3.50. The number of hydrogen-bond acceptors (Lipinski definition) is 3. The largest absolute Gasteiger partial charge is 0.425 e. The Morgan fingerprint density at radius 3 is 2.43 bits per heavy atom. The molecule has 0 saturated heterocycles. The van der Waals surface area contributed by atoms with E-state index in [4.69, 9.17) is 11.0 Å². The van der Waals surface area contributed by atoms with Crippen molar-refractivity contribution in [3.8, 4) is 6.07 Å². The van der Waals surface area contributed by atoms with Gasteiger partial charge in [-0.2, -0.15) is 18.4 Å². The normalized spacial score (nSPS) is 11.4. The van der Waals surface area contributed by atoms with E-state index in [9.17, 15) is 13.2 Å². The summed E-state index contributed by atoms with van der Waals surface area (Å²) >= 11 is 0.427. The number of nitrogens with zero attached hydrogens (tertiary/aromatic N) is 1. The average Bonchev–Trinajstić information content (AvgIpc) is 2.40. The molecule has 0 bridgehead atoms. The van der Waals surface area contributed by atoms with Crippen molar-refractivity contribution in [1.29, 1.82) is 5.26 Å². The molecule has 1 rings (SSSR count). The first kappa shape index (κ1) is 10.9. The summed E-state index contributed by atoms with van der Waals surface area (Å²) in [6.45, 7) is 1.57. The highest BCUT2D eigenvalue weighted by Crippen LogP contribution is 2.41. The molecule has 2 nitrogen and oxygen atoms in total. The van der Waals surface area contributed by atoms with Gasteiger partial charge in [0, 0.05) is 0 Å². The molecule has 0 aromatic carbocycles. The molecule has 0 aliphatic heterocycles. The molecule has 6 heteroatoms. The highest BCUT2D eigenvalue weighted by molar-refractivity contribution is 7.16. The van der Waals surface area contributed by atoms with Crippen molar-refractivity contribution in [1.82, 2.24) is 0 Å². The SMILES string of the molecule is CCc1c(C(F)(F)F)sc(N)c1C#N. The molecule has 0 fully saturated rings. The lowest BCUT2D eigenvalue weighted by atomic mass is 10.1. The Morgan fingerprint density at radius 2 is 2.07 bits per heavy atom. The molecule has 0 amide bonds.